The summed E-state index contributed by atoms with van der Waals surface area (Å²) in [6.45, 7) is 8.93. The first-order valence-electron chi connectivity index (χ1n) is 25.5. The number of nitrogens with zero attached hydrogens (tertiary/aromatic N) is 5. The Kier molecular flexibility index (Phi) is 16.5. The molecule has 4 aliphatic rings. The Labute approximate surface area is 442 Å². The average Bonchev–Trinajstić information content (AvgIpc) is 4.22. The van der Waals surface area contributed by atoms with Gasteiger partial charge in [-0.25, -0.2) is 9.97 Å². The average molecular weight is 1060 g/mol. The summed E-state index contributed by atoms with van der Waals surface area (Å²) in [4.78, 5) is 82.6. The molecule has 8 heterocycles. The van der Waals surface area contributed by atoms with Crippen LogP contribution >= 0.6 is 45.3 Å². The zero-order valence-corrected chi connectivity index (χ0v) is 44.3. The highest BCUT2D eigenvalue weighted by atomic mass is 32.1. The van der Waals surface area contributed by atoms with Crippen molar-refractivity contribution in [3.05, 3.63) is 116 Å². The van der Waals surface area contributed by atoms with E-state index in [0.717, 1.165) is 115 Å². The van der Waals surface area contributed by atoms with Crippen LogP contribution in [0.2, 0.25) is 0 Å². The van der Waals surface area contributed by atoms with Gasteiger partial charge in [0.1, 0.15) is 0 Å². The van der Waals surface area contributed by atoms with E-state index in [0.29, 0.717) is 52.5 Å². The lowest BCUT2D eigenvalue weighted by atomic mass is 10.0. The Bertz CT molecular complexity index is 2720. The molecule has 4 aliphatic heterocycles. The van der Waals surface area contributed by atoms with Crippen LogP contribution in [-0.4, -0.2) is 119 Å². The number of unbranched alkanes of at least 4 members (excludes halogenated alkanes) is 3. The van der Waals surface area contributed by atoms with Crippen LogP contribution in [0.25, 0.3) is 20.9 Å². The van der Waals surface area contributed by atoms with E-state index in [1.807, 2.05) is 34.3 Å². The molecule has 2 atom stereocenters. The van der Waals surface area contributed by atoms with E-state index in [1.54, 1.807) is 41.7 Å². The van der Waals surface area contributed by atoms with Crippen molar-refractivity contribution in [3.63, 3.8) is 0 Å². The highest BCUT2D eigenvalue weighted by molar-refractivity contribution is 7.18. The molecule has 0 radical (unpaired) electrons. The van der Waals surface area contributed by atoms with E-state index in [2.05, 4.69) is 80.0 Å². The number of carbonyl (C=O) groups excluding carboxylic acids is 5. The highest BCUT2D eigenvalue weighted by Crippen LogP contribution is 2.38. The lowest BCUT2D eigenvalue weighted by Gasteiger charge is -2.37. The molecule has 4 aromatic heterocycles. The zero-order valence-electron chi connectivity index (χ0n) is 41.0. The largest absolute Gasteiger partial charge is 0.356 e. The normalized spacial score (nSPS) is 17.9. The summed E-state index contributed by atoms with van der Waals surface area (Å²) < 4.78 is 0. The minimum absolute atomic E-state index is 0.0116. The number of carbonyl (C=O) groups is 5. The van der Waals surface area contributed by atoms with E-state index < -0.39 is 0 Å². The van der Waals surface area contributed by atoms with Gasteiger partial charge in [0.2, 0.25) is 17.7 Å². The van der Waals surface area contributed by atoms with Gasteiger partial charge < -0.3 is 36.4 Å². The Balaban J connectivity index is 0.737. The molecule has 10 rings (SSSR count). The quantitative estimate of drug-likeness (QED) is 0.0438. The highest BCUT2D eigenvalue weighted by Gasteiger charge is 2.36. The number of hydrogen-bond donors (Lipinski definition) is 5. The van der Waals surface area contributed by atoms with Gasteiger partial charge in [-0.1, -0.05) is 49.2 Å². The number of nitrogens with one attached hydrogen (secondary N) is 5. The number of thiazole rings is 2. The maximum absolute atomic E-state index is 13.4. The van der Waals surface area contributed by atoms with Crippen LogP contribution < -0.4 is 26.6 Å². The topological polar surface area (TPSA) is 181 Å². The molecule has 19 heteroatoms. The third-order valence-electron chi connectivity index (χ3n) is 14.0. The molecule has 0 bridgehead atoms. The van der Waals surface area contributed by atoms with E-state index >= 15 is 0 Å². The van der Waals surface area contributed by atoms with Crippen LogP contribution in [0.1, 0.15) is 111 Å². The second-order valence-corrected chi connectivity index (χ2v) is 23.8. The molecule has 5 amide bonds. The van der Waals surface area contributed by atoms with E-state index in [4.69, 9.17) is 9.97 Å². The second kappa shape index (κ2) is 23.7. The van der Waals surface area contributed by atoms with Gasteiger partial charge in [-0.3, -0.25) is 28.9 Å². The Morgan fingerprint density at radius 1 is 0.630 bits per heavy atom. The number of amides is 5. The van der Waals surface area contributed by atoms with Gasteiger partial charge in [-0.2, -0.15) is 0 Å². The van der Waals surface area contributed by atoms with E-state index in [1.165, 1.54) is 33.8 Å². The molecule has 6 aromatic rings. The predicted molar refractivity (Wildman–Crippen MR) is 292 cm³/mol. The molecule has 4 saturated heterocycles. The molecule has 0 spiro atoms. The maximum atomic E-state index is 13.4. The molecule has 15 nitrogen and oxygen atoms in total. The van der Waals surface area contributed by atoms with Crippen molar-refractivity contribution >= 4 is 84.9 Å². The zero-order chi connectivity index (χ0) is 50.3. The van der Waals surface area contributed by atoms with Gasteiger partial charge in [0.25, 0.3) is 11.8 Å². The van der Waals surface area contributed by atoms with Gasteiger partial charge in [-0.15, -0.1) is 45.3 Å². The van der Waals surface area contributed by atoms with E-state index in [-0.39, 0.29) is 53.5 Å². The molecule has 73 heavy (non-hydrogen) atoms. The van der Waals surface area contributed by atoms with Gasteiger partial charge >= 0.3 is 0 Å². The number of rotatable bonds is 21. The number of thiophene rings is 2. The lowest BCUT2D eigenvalue weighted by Crippen LogP contribution is -2.48. The van der Waals surface area contributed by atoms with Crippen LogP contribution in [0.3, 0.4) is 0 Å². The molecule has 2 aromatic carbocycles. The smallest absolute Gasteiger partial charge is 0.264 e. The van der Waals surface area contributed by atoms with Crippen molar-refractivity contribution in [1.29, 1.82) is 0 Å². The fraction of sp³-hybridized carbons (Fsp3) is 0.426. The number of aromatic nitrogens is 2. The summed E-state index contributed by atoms with van der Waals surface area (Å²) in [7, 11) is 0. The van der Waals surface area contributed by atoms with Gasteiger partial charge in [0.05, 0.1) is 51.6 Å². The summed E-state index contributed by atoms with van der Waals surface area (Å²) in [5.41, 5.74) is 4.72. The maximum Gasteiger partial charge on any atom is 0.264 e. The van der Waals surface area contributed by atoms with Crippen molar-refractivity contribution in [3.8, 4) is 20.9 Å². The van der Waals surface area contributed by atoms with Crippen molar-refractivity contribution in [2.24, 2.45) is 0 Å². The van der Waals surface area contributed by atoms with Crippen LogP contribution in [0.4, 0.5) is 10.0 Å². The summed E-state index contributed by atoms with van der Waals surface area (Å²) in [5, 5.41) is 18.8. The summed E-state index contributed by atoms with van der Waals surface area (Å²) in [6.07, 6.45) is 11.7. The monoisotopic (exact) mass is 1060 g/mol. The number of anilines is 2. The van der Waals surface area contributed by atoms with Crippen molar-refractivity contribution in [2.45, 2.75) is 95.3 Å². The fourth-order valence-electron chi connectivity index (χ4n) is 9.86. The predicted octanol–water partition coefficient (Wildman–Crippen LogP) is 8.62. The second-order valence-electron chi connectivity index (χ2n) is 19.6. The molecular weight excluding hydrogens is 997 g/mol. The van der Waals surface area contributed by atoms with Gasteiger partial charge in [0, 0.05) is 77.0 Å². The standard InChI is InChI=1S/C54H62N10O5S4/c1-34(65)55-20-4-2-3-5-23-62(28-35-10-6-12-37(24-35)45-26-58-51(72-45)39-30-63(31-39)53(68)43-16-18-47(70-43)60-49(66)41-14-8-21-56-41)29-36-11-7-13-38(25-36)46-27-59-52(73-46)40-32-64(33-40)54(69)44-17-19-48(71-44)61-50(67)42-15-9-22-57-42/h6-7,10-13,16-19,24-27,39-42,56-57H,2-5,8-9,14-15,20-23,28-33H2,1H3,(H,55,65)(H,60,66)(H,61,67)/t41-,42-/m0/s1. The van der Waals surface area contributed by atoms with Crippen molar-refractivity contribution in [1.82, 2.24) is 40.6 Å². The Morgan fingerprint density at radius 3 is 1.59 bits per heavy atom. The Morgan fingerprint density at radius 2 is 1.12 bits per heavy atom. The molecule has 382 valence electrons. The summed E-state index contributed by atoms with van der Waals surface area (Å²) in [5.74, 6) is 0.277. The summed E-state index contributed by atoms with van der Waals surface area (Å²) >= 11 is 6.05. The number of hydrogen-bond acceptors (Lipinski definition) is 14. The van der Waals surface area contributed by atoms with E-state index in [9.17, 15) is 24.0 Å². The molecular formula is C54H62N10O5S4. The van der Waals surface area contributed by atoms with Gasteiger partial charge in [0.15, 0.2) is 0 Å². The lowest BCUT2D eigenvalue weighted by molar-refractivity contribution is -0.119. The minimum atomic E-state index is -0.170. The fourth-order valence-corrected chi connectivity index (χ4v) is 13.6. The first-order valence-corrected chi connectivity index (χ1v) is 28.8. The number of likely N-dealkylation sites (tertiary alicyclic amines) is 2. The first kappa shape index (κ1) is 50.8. The van der Waals surface area contributed by atoms with Crippen LogP contribution in [0.15, 0.2) is 85.2 Å². The molecule has 4 fully saturated rings. The Hall–Kier alpha value is -5.67. The molecule has 0 unspecified atom stereocenters. The van der Waals surface area contributed by atoms with Crippen molar-refractivity contribution < 1.29 is 24.0 Å². The van der Waals surface area contributed by atoms with Crippen LogP contribution in [0, 0.1) is 0 Å². The van der Waals surface area contributed by atoms with Crippen LogP contribution in [0.5, 0.6) is 0 Å². The SMILES string of the molecule is CC(=O)NCCCCCCN(Cc1cccc(-c2cnc(C3CN(C(=O)c4ccc(NC(=O)[C@@H]5CCCN5)s4)C3)s2)c1)Cc1cccc(-c2cnc(C3CN(C(=O)c4ccc(NC(=O)[C@@H]5CCCN5)s4)C3)s2)c1. The minimum Gasteiger partial charge on any atom is -0.356 e. The third-order valence-corrected chi connectivity index (χ3v) is 18.4. The number of benzene rings is 2. The molecule has 5 N–H and O–H groups in total. The van der Waals surface area contributed by atoms with Gasteiger partial charge in [-0.05, 0) is 117 Å². The van der Waals surface area contributed by atoms with Crippen LogP contribution in [-0.2, 0) is 27.5 Å². The first-order chi connectivity index (χ1) is 35.6. The molecule has 0 aliphatic carbocycles. The molecule has 0 saturated carbocycles. The third kappa shape index (κ3) is 12.8. The van der Waals surface area contributed by atoms with Crippen molar-refractivity contribution in [2.75, 3.05) is 63.0 Å². The summed E-state index contributed by atoms with van der Waals surface area (Å²) in [6, 6.07) is 24.4.